The van der Waals surface area contributed by atoms with E-state index in [1.54, 1.807) is 0 Å². The van der Waals surface area contributed by atoms with Crippen molar-refractivity contribution in [1.82, 2.24) is 5.32 Å². The summed E-state index contributed by atoms with van der Waals surface area (Å²) in [6, 6.07) is -0.688. The Bertz CT molecular complexity index is 295. The molecule has 2 fully saturated rings. The molecule has 2 atom stereocenters. The Morgan fingerprint density at radius 1 is 1.35 bits per heavy atom. The first kappa shape index (κ1) is 12.4. The van der Waals surface area contributed by atoms with Gasteiger partial charge in [0.15, 0.2) is 0 Å². The molecule has 2 N–H and O–H groups in total. The summed E-state index contributed by atoms with van der Waals surface area (Å²) in [6.07, 6.45) is 5.13. The Balaban J connectivity index is 1.69. The van der Waals surface area contributed by atoms with Crippen LogP contribution in [0.5, 0.6) is 0 Å². The van der Waals surface area contributed by atoms with Gasteiger partial charge in [-0.15, -0.1) is 0 Å². The summed E-state index contributed by atoms with van der Waals surface area (Å²) in [7, 11) is 0. The third-order valence-electron chi connectivity index (χ3n) is 3.39. The van der Waals surface area contributed by atoms with Crippen LogP contribution >= 0.6 is 0 Å². The van der Waals surface area contributed by atoms with E-state index in [0.717, 1.165) is 32.3 Å². The van der Waals surface area contributed by atoms with Crippen molar-refractivity contribution in [3.63, 3.8) is 0 Å². The van der Waals surface area contributed by atoms with Gasteiger partial charge in [-0.05, 0) is 38.0 Å². The molecule has 1 aliphatic carbocycles. The van der Waals surface area contributed by atoms with Crippen LogP contribution in [0, 0.1) is 5.92 Å². The van der Waals surface area contributed by atoms with Crippen LogP contribution in [0.15, 0.2) is 0 Å². The van der Waals surface area contributed by atoms with Gasteiger partial charge in [-0.2, -0.15) is 0 Å². The van der Waals surface area contributed by atoms with E-state index < -0.39 is 12.0 Å². The van der Waals surface area contributed by atoms with Crippen LogP contribution in [0.2, 0.25) is 0 Å². The predicted octanol–water partition coefficient (Wildman–Crippen LogP) is 0.925. The molecule has 1 saturated heterocycles. The molecule has 5 nitrogen and oxygen atoms in total. The fraction of sp³-hybridized carbons (Fsp3) is 0.833. The average Bonchev–Trinajstić information content (AvgIpc) is 2.99. The molecule has 96 valence electrons. The van der Waals surface area contributed by atoms with Crippen LogP contribution in [-0.4, -0.2) is 35.7 Å². The third-order valence-corrected chi connectivity index (χ3v) is 3.39. The lowest BCUT2D eigenvalue weighted by atomic mass is 10.1. The zero-order valence-corrected chi connectivity index (χ0v) is 9.85. The highest BCUT2D eigenvalue weighted by atomic mass is 16.5. The van der Waals surface area contributed by atoms with E-state index >= 15 is 0 Å². The molecule has 2 unspecified atom stereocenters. The van der Waals surface area contributed by atoms with Crippen LogP contribution in [-0.2, 0) is 14.3 Å². The minimum atomic E-state index is -0.919. The van der Waals surface area contributed by atoms with Gasteiger partial charge in [0, 0.05) is 13.0 Å². The lowest BCUT2D eigenvalue weighted by Gasteiger charge is -2.14. The van der Waals surface area contributed by atoms with Crippen molar-refractivity contribution in [2.45, 2.75) is 50.7 Å². The van der Waals surface area contributed by atoms with Gasteiger partial charge in [-0.25, -0.2) is 4.79 Å². The largest absolute Gasteiger partial charge is 0.480 e. The molecule has 0 aromatic heterocycles. The summed E-state index contributed by atoms with van der Waals surface area (Å²) in [6.45, 7) is 0.784. The average molecular weight is 241 g/mol. The van der Waals surface area contributed by atoms with Gasteiger partial charge in [-0.3, -0.25) is 4.79 Å². The predicted molar refractivity (Wildman–Crippen MR) is 60.5 cm³/mol. The minimum Gasteiger partial charge on any atom is -0.480 e. The molecule has 2 rings (SSSR count). The van der Waals surface area contributed by atoms with E-state index in [9.17, 15) is 9.59 Å². The molecular weight excluding hydrogens is 222 g/mol. The Hall–Kier alpha value is -1.10. The number of amides is 1. The molecule has 1 amide bonds. The van der Waals surface area contributed by atoms with Crippen LogP contribution in [0.1, 0.15) is 38.5 Å². The van der Waals surface area contributed by atoms with Crippen molar-refractivity contribution in [2.24, 2.45) is 5.92 Å². The highest BCUT2D eigenvalue weighted by Gasteiger charge is 2.37. The monoisotopic (exact) mass is 241 g/mol. The number of carboxylic acid groups (broad SMARTS) is 1. The third kappa shape index (κ3) is 3.70. The van der Waals surface area contributed by atoms with E-state index in [1.165, 1.54) is 0 Å². The molecule has 0 bridgehead atoms. The van der Waals surface area contributed by atoms with Crippen molar-refractivity contribution in [3.8, 4) is 0 Å². The minimum absolute atomic E-state index is 0.138. The Morgan fingerprint density at radius 3 is 2.65 bits per heavy atom. The number of ether oxygens (including phenoxy) is 1. The van der Waals surface area contributed by atoms with Crippen molar-refractivity contribution >= 4 is 11.9 Å². The van der Waals surface area contributed by atoms with Crippen LogP contribution in [0.4, 0.5) is 0 Å². The maximum absolute atomic E-state index is 11.6. The number of carboxylic acids is 1. The molecule has 17 heavy (non-hydrogen) atoms. The molecule has 1 heterocycles. The van der Waals surface area contributed by atoms with Crippen molar-refractivity contribution in [3.05, 3.63) is 0 Å². The standard InChI is InChI=1S/C12H19NO4/c14-10(6-5-9-2-1-7-17-9)13-11(12(15)16)8-3-4-8/h8-9,11H,1-7H2,(H,13,14)(H,15,16). The number of hydrogen-bond acceptors (Lipinski definition) is 3. The van der Waals surface area contributed by atoms with Gasteiger partial charge in [0.1, 0.15) is 6.04 Å². The highest BCUT2D eigenvalue weighted by Crippen LogP contribution is 2.32. The SMILES string of the molecule is O=C(CCC1CCCO1)NC(C(=O)O)C1CC1. The number of carbonyl (C=O) groups is 2. The molecule has 0 aromatic carbocycles. The van der Waals surface area contributed by atoms with Crippen molar-refractivity contribution in [1.29, 1.82) is 0 Å². The summed E-state index contributed by atoms with van der Waals surface area (Å²) in [5.41, 5.74) is 0. The van der Waals surface area contributed by atoms with E-state index in [-0.39, 0.29) is 17.9 Å². The molecule has 5 heteroatoms. The van der Waals surface area contributed by atoms with Crippen molar-refractivity contribution < 1.29 is 19.4 Å². The van der Waals surface area contributed by atoms with Gasteiger partial charge in [0.05, 0.1) is 6.10 Å². The van der Waals surface area contributed by atoms with E-state index in [0.29, 0.717) is 12.8 Å². The van der Waals surface area contributed by atoms with Gasteiger partial charge in [-0.1, -0.05) is 0 Å². The van der Waals surface area contributed by atoms with E-state index in [4.69, 9.17) is 9.84 Å². The topological polar surface area (TPSA) is 75.6 Å². The van der Waals surface area contributed by atoms with Gasteiger partial charge in [0.25, 0.3) is 0 Å². The zero-order chi connectivity index (χ0) is 12.3. The Kier molecular flexibility index (Phi) is 3.99. The smallest absolute Gasteiger partial charge is 0.326 e. The lowest BCUT2D eigenvalue weighted by Crippen LogP contribution is -2.42. The fourth-order valence-electron chi connectivity index (χ4n) is 2.22. The fourth-order valence-corrected chi connectivity index (χ4v) is 2.22. The summed E-state index contributed by atoms with van der Waals surface area (Å²) in [4.78, 5) is 22.6. The second kappa shape index (κ2) is 5.49. The van der Waals surface area contributed by atoms with Gasteiger partial charge < -0.3 is 15.2 Å². The van der Waals surface area contributed by atoms with Gasteiger partial charge >= 0.3 is 5.97 Å². The maximum Gasteiger partial charge on any atom is 0.326 e. The highest BCUT2D eigenvalue weighted by molar-refractivity contribution is 5.84. The number of nitrogens with one attached hydrogen (secondary N) is 1. The summed E-state index contributed by atoms with van der Waals surface area (Å²) < 4.78 is 5.42. The quantitative estimate of drug-likeness (QED) is 0.725. The van der Waals surface area contributed by atoms with Crippen LogP contribution in [0.25, 0.3) is 0 Å². The van der Waals surface area contributed by atoms with Gasteiger partial charge in [0.2, 0.25) is 5.91 Å². The summed E-state index contributed by atoms with van der Waals surface area (Å²) >= 11 is 0. The second-order valence-electron chi connectivity index (χ2n) is 4.89. The Morgan fingerprint density at radius 2 is 2.12 bits per heavy atom. The zero-order valence-electron chi connectivity index (χ0n) is 9.85. The number of carbonyl (C=O) groups excluding carboxylic acids is 1. The molecular formula is C12H19NO4. The van der Waals surface area contributed by atoms with Crippen LogP contribution in [0.3, 0.4) is 0 Å². The molecule has 2 aliphatic rings. The first-order chi connectivity index (χ1) is 8.16. The normalized spacial score (nSPS) is 25.5. The number of aliphatic carboxylic acids is 1. The first-order valence-corrected chi connectivity index (χ1v) is 6.30. The molecule has 0 radical (unpaired) electrons. The lowest BCUT2D eigenvalue weighted by molar-refractivity contribution is -0.142. The van der Waals surface area contributed by atoms with Crippen LogP contribution < -0.4 is 5.32 Å². The first-order valence-electron chi connectivity index (χ1n) is 6.30. The molecule has 0 spiro atoms. The molecule has 1 saturated carbocycles. The summed E-state index contributed by atoms with van der Waals surface area (Å²) in [5.74, 6) is -0.947. The Labute approximate surface area is 101 Å². The molecule has 1 aliphatic heterocycles. The second-order valence-corrected chi connectivity index (χ2v) is 4.89. The van der Waals surface area contributed by atoms with E-state index in [1.807, 2.05) is 0 Å². The maximum atomic E-state index is 11.6. The molecule has 0 aromatic rings. The van der Waals surface area contributed by atoms with E-state index in [2.05, 4.69) is 5.32 Å². The number of hydrogen-bond donors (Lipinski definition) is 2. The summed E-state index contributed by atoms with van der Waals surface area (Å²) in [5, 5.41) is 11.6. The van der Waals surface area contributed by atoms with Crippen molar-refractivity contribution in [2.75, 3.05) is 6.61 Å². The number of rotatable bonds is 6.